The number of nitrogens with zero attached hydrogens (tertiary/aromatic N) is 3. The molecule has 1 unspecified atom stereocenters. The van der Waals surface area contributed by atoms with Gasteiger partial charge in [-0.3, -0.25) is 4.68 Å². The minimum Gasteiger partial charge on any atom is -0.394 e. The molecule has 20 heavy (non-hydrogen) atoms. The number of aliphatic hydroxyl groups is 2. The molecular formula is C13H24N4O3. The number of aromatic nitrogens is 2. The van der Waals surface area contributed by atoms with Crippen molar-refractivity contribution in [3.8, 4) is 0 Å². The molecule has 2 amide bonds. The van der Waals surface area contributed by atoms with E-state index in [4.69, 9.17) is 5.11 Å². The topological polar surface area (TPSA) is 90.6 Å². The van der Waals surface area contributed by atoms with Crippen LogP contribution in [0.25, 0.3) is 0 Å². The molecule has 3 N–H and O–H groups in total. The molecule has 0 fully saturated rings. The molecule has 1 atom stereocenters. The van der Waals surface area contributed by atoms with E-state index in [-0.39, 0.29) is 19.2 Å². The van der Waals surface area contributed by atoms with Gasteiger partial charge in [0.1, 0.15) is 0 Å². The quantitative estimate of drug-likeness (QED) is 0.675. The Morgan fingerprint density at radius 2 is 2.10 bits per heavy atom. The third-order valence-corrected chi connectivity index (χ3v) is 3.39. The smallest absolute Gasteiger partial charge is 0.317 e. The van der Waals surface area contributed by atoms with Crippen molar-refractivity contribution in [3.05, 3.63) is 17.0 Å². The van der Waals surface area contributed by atoms with Gasteiger partial charge in [0.15, 0.2) is 0 Å². The fourth-order valence-corrected chi connectivity index (χ4v) is 1.86. The molecule has 0 spiro atoms. The van der Waals surface area contributed by atoms with Crippen molar-refractivity contribution in [1.29, 1.82) is 0 Å². The van der Waals surface area contributed by atoms with Crippen LogP contribution in [0.1, 0.15) is 17.0 Å². The summed E-state index contributed by atoms with van der Waals surface area (Å²) in [7, 11) is 1.57. The minimum atomic E-state index is -0.913. The highest BCUT2D eigenvalue weighted by molar-refractivity contribution is 5.73. The Morgan fingerprint density at radius 1 is 1.45 bits per heavy atom. The Labute approximate surface area is 119 Å². The van der Waals surface area contributed by atoms with E-state index in [9.17, 15) is 9.90 Å². The summed E-state index contributed by atoms with van der Waals surface area (Å²) in [6.45, 7) is 6.78. The van der Waals surface area contributed by atoms with E-state index in [2.05, 4.69) is 10.4 Å². The van der Waals surface area contributed by atoms with Crippen molar-refractivity contribution in [2.45, 2.75) is 33.4 Å². The van der Waals surface area contributed by atoms with Crippen LogP contribution >= 0.6 is 0 Å². The number of aryl methyl sites for hydroxylation is 1. The number of nitrogens with one attached hydrogen (secondary N) is 1. The molecule has 1 aromatic rings. The molecule has 0 aliphatic carbocycles. The van der Waals surface area contributed by atoms with Crippen molar-refractivity contribution in [3.63, 3.8) is 0 Å². The lowest BCUT2D eigenvalue weighted by atomic mass is 10.2. The molecule has 0 saturated heterocycles. The van der Waals surface area contributed by atoms with Gasteiger partial charge >= 0.3 is 6.03 Å². The fraction of sp³-hybridized carbons (Fsp3) is 0.692. The zero-order valence-electron chi connectivity index (χ0n) is 12.6. The summed E-state index contributed by atoms with van der Waals surface area (Å²) in [5.41, 5.74) is 3.26. The largest absolute Gasteiger partial charge is 0.394 e. The first-order valence-electron chi connectivity index (χ1n) is 6.65. The van der Waals surface area contributed by atoms with Crippen LogP contribution in [0.2, 0.25) is 0 Å². The van der Waals surface area contributed by atoms with Crippen molar-refractivity contribution in [2.75, 3.05) is 26.7 Å². The van der Waals surface area contributed by atoms with E-state index in [1.54, 1.807) is 7.05 Å². The second kappa shape index (κ2) is 7.25. The second-order valence-corrected chi connectivity index (χ2v) is 4.97. The van der Waals surface area contributed by atoms with Crippen LogP contribution in [0.15, 0.2) is 0 Å². The van der Waals surface area contributed by atoms with Crippen LogP contribution in [0, 0.1) is 20.8 Å². The van der Waals surface area contributed by atoms with Gasteiger partial charge in [-0.2, -0.15) is 5.10 Å². The Hall–Kier alpha value is -1.60. The van der Waals surface area contributed by atoms with Crippen LogP contribution in [-0.4, -0.2) is 63.8 Å². The number of carbonyl (C=O) groups is 1. The maximum atomic E-state index is 11.7. The van der Waals surface area contributed by atoms with E-state index in [1.165, 1.54) is 10.5 Å². The minimum absolute atomic E-state index is 0.0986. The number of hydrogen-bond donors (Lipinski definition) is 3. The molecule has 0 aromatic carbocycles. The molecule has 0 saturated carbocycles. The zero-order valence-corrected chi connectivity index (χ0v) is 12.6. The predicted molar refractivity (Wildman–Crippen MR) is 75.6 cm³/mol. The van der Waals surface area contributed by atoms with Crippen molar-refractivity contribution < 1.29 is 15.0 Å². The molecule has 1 aromatic heterocycles. The lowest BCUT2D eigenvalue weighted by Gasteiger charge is -2.20. The number of rotatable bonds is 6. The molecule has 7 heteroatoms. The van der Waals surface area contributed by atoms with Gasteiger partial charge in [-0.1, -0.05) is 0 Å². The fourth-order valence-electron chi connectivity index (χ4n) is 1.86. The van der Waals surface area contributed by atoms with E-state index in [0.29, 0.717) is 13.1 Å². The van der Waals surface area contributed by atoms with E-state index >= 15 is 0 Å². The third kappa shape index (κ3) is 4.21. The van der Waals surface area contributed by atoms with Crippen LogP contribution in [-0.2, 0) is 6.54 Å². The first-order valence-corrected chi connectivity index (χ1v) is 6.65. The average molecular weight is 284 g/mol. The summed E-state index contributed by atoms with van der Waals surface area (Å²) < 4.78 is 1.87. The second-order valence-electron chi connectivity index (χ2n) is 4.97. The highest BCUT2D eigenvalue weighted by Gasteiger charge is 2.13. The normalized spacial score (nSPS) is 12.3. The van der Waals surface area contributed by atoms with Crippen molar-refractivity contribution in [1.82, 2.24) is 20.0 Å². The monoisotopic (exact) mass is 284 g/mol. The Bertz CT molecular complexity index is 459. The Morgan fingerprint density at radius 3 is 2.60 bits per heavy atom. The van der Waals surface area contributed by atoms with Gasteiger partial charge in [-0.25, -0.2) is 4.79 Å². The third-order valence-electron chi connectivity index (χ3n) is 3.39. The summed E-state index contributed by atoms with van der Waals surface area (Å²) in [5.74, 6) is 0. The van der Waals surface area contributed by atoms with Gasteiger partial charge in [0, 0.05) is 19.3 Å². The number of hydrogen-bond acceptors (Lipinski definition) is 4. The lowest BCUT2D eigenvalue weighted by molar-refractivity contribution is 0.0732. The summed E-state index contributed by atoms with van der Waals surface area (Å²) in [4.78, 5) is 13.1. The van der Waals surface area contributed by atoms with Crippen molar-refractivity contribution in [2.24, 2.45) is 0 Å². The molecule has 0 aliphatic heterocycles. The molecule has 0 radical (unpaired) electrons. The SMILES string of the molecule is Cc1nn(CCNC(=O)N(C)CC(O)CO)c(C)c1C. The van der Waals surface area contributed by atoms with E-state index < -0.39 is 6.10 Å². The number of carbonyl (C=O) groups excluding carboxylic acids is 1. The van der Waals surface area contributed by atoms with E-state index in [1.807, 2.05) is 25.5 Å². The Kier molecular flexibility index (Phi) is 5.97. The number of urea groups is 1. The van der Waals surface area contributed by atoms with Gasteiger partial charge in [-0.05, 0) is 26.3 Å². The molecular weight excluding hydrogens is 260 g/mol. The summed E-state index contributed by atoms with van der Waals surface area (Å²) in [5, 5.41) is 25.1. The van der Waals surface area contributed by atoms with Crippen LogP contribution in [0.3, 0.4) is 0 Å². The van der Waals surface area contributed by atoms with E-state index in [0.717, 1.165) is 11.4 Å². The molecule has 0 bridgehead atoms. The van der Waals surface area contributed by atoms with Crippen LogP contribution < -0.4 is 5.32 Å². The van der Waals surface area contributed by atoms with Gasteiger partial charge < -0.3 is 20.4 Å². The maximum Gasteiger partial charge on any atom is 0.317 e. The number of aliphatic hydroxyl groups excluding tert-OH is 2. The summed E-state index contributed by atoms with van der Waals surface area (Å²) >= 11 is 0. The highest BCUT2D eigenvalue weighted by Crippen LogP contribution is 2.10. The lowest BCUT2D eigenvalue weighted by Crippen LogP contribution is -2.43. The molecule has 114 valence electrons. The zero-order chi connectivity index (χ0) is 15.3. The number of amides is 2. The molecule has 7 nitrogen and oxygen atoms in total. The van der Waals surface area contributed by atoms with Gasteiger partial charge in [0.25, 0.3) is 0 Å². The van der Waals surface area contributed by atoms with Crippen molar-refractivity contribution >= 4 is 6.03 Å². The van der Waals surface area contributed by atoms with Gasteiger partial charge in [0.2, 0.25) is 0 Å². The standard InChI is InChI=1S/C13H24N4O3/c1-9-10(2)15-17(11(9)3)6-5-14-13(20)16(4)7-12(19)8-18/h12,18-19H,5-8H2,1-4H3,(H,14,20). The van der Waals surface area contributed by atoms with Crippen LogP contribution in [0.5, 0.6) is 0 Å². The van der Waals surface area contributed by atoms with Crippen LogP contribution in [0.4, 0.5) is 4.79 Å². The maximum absolute atomic E-state index is 11.7. The first kappa shape index (κ1) is 16.5. The van der Waals surface area contributed by atoms with Gasteiger partial charge in [-0.15, -0.1) is 0 Å². The molecule has 1 heterocycles. The molecule has 1 rings (SSSR count). The highest BCUT2D eigenvalue weighted by atomic mass is 16.3. The first-order chi connectivity index (χ1) is 9.36. The summed E-state index contributed by atoms with van der Waals surface area (Å²) in [6, 6.07) is -0.282. The summed E-state index contributed by atoms with van der Waals surface area (Å²) in [6.07, 6.45) is -0.913. The number of likely N-dealkylation sites (N-methyl/N-ethyl adjacent to an activating group) is 1. The average Bonchev–Trinajstić information content (AvgIpc) is 2.66. The van der Waals surface area contributed by atoms with Gasteiger partial charge in [0.05, 0.1) is 31.5 Å². The Balaban J connectivity index is 2.40. The molecule has 0 aliphatic rings. The predicted octanol–water partition coefficient (Wildman–Crippen LogP) is -0.197.